The lowest BCUT2D eigenvalue weighted by molar-refractivity contribution is 0.483. The van der Waals surface area contributed by atoms with Crippen LogP contribution in [0.2, 0.25) is 0 Å². The number of phenolic OH excluding ortho intramolecular Hbond substituents is 1. The Morgan fingerprint density at radius 1 is 1.27 bits per heavy atom. The van der Waals surface area contributed by atoms with Crippen molar-refractivity contribution in [1.82, 2.24) is 4.98 Å². The van der Waals surface area contributed by atoms with Crippen molar-refractivity contribution in [3.8, 4) is 5.75 Å². The van der Waals surface area contributed by atoms with Crippen molar-refractivity contribution in [2.24, 2.45) is 0 Å². The van der Waals surface area contributed by atoms with Gasteiger partial charge in [0.1, 0.15) is 5.75 Å². The van der Waals surface area contributed by atoms with E-state index in [4.69, 9.17) is 0 Å². The van der Waals surface area contributed by atoms with Gasteiger partial charge in [0.2, 0.25) is 0 Å². The van der Waals surface area contributed by atoms with E-state index in [2.05, 4.69) is 4.98 Å². The summed E-state index contributed by atoms with van der Waals surface area (Å²) in [5, 5.41) is 13.0. The summed E-state index contributed by atoms with van der Waals surface area (Å²) in [4.78, 5) is 4.46. The molecule has 3 aromatic rings. The normalized spacial score (nSPS) is 11.3. The SMILES string of the molecule is Cc1nc2c(s1)c(O)cc1ccccc12. The van der Waals surface area contributed by atoms with Gasteiger partial charge in [-0.2, -0.15) is 0 Å². The van der Waals surface area contributed by atoms with E-state index < -0.39 is 0 Å². The Morgan fingerprint density at radius 3 is 2.93 bits per heavy atom. The van der Waals surface area contributed by atoms with E-state index in [0.29, 0.717) is 5.75 Å². The van der Waals surface area contributed by atoms with Crippen LogP contribution in [0.1, 0.15) is 5.01 Å². The molecule has 3 heteroatoms. The third-order valence-corrected chi connectivity index (χ3v) is 3.47. The van der Waals surface area contributed by atoms with Crippen molar-refractivity contribution < 1.29 is 5.11 Å². The number of aromatic hydroxyl groups is 1. The van der Waals surface area contributed by atoms with Crippen LogP contribution in [0.3, 0.4) is 0 Å². The van der Waals surface area contributed by atoms with E-state index in [0.717, 1.165) is 26.0 Å². The first-order chi connectivity index (χ1) is 7.25. The van der Waals surface area contributed by atoms with Gasteiger partial charge in [0.05, 0.1) is 15.2 Å². The fraction of sp³-hybridized carbons (Fsp3) is 0.0833. The van der Waals surface area contributed by atoms with E-state index in [-0.39, 0.29) is 0 Å². The van der Waals surface area contributed by atoms with Gasteiger partial charge in [0.25, 0.3) is 0 Å². The highest BCUT2D eigenvalue weighted by molar-refractivity contribution is 7.19. The second kappa shape index (κ2) is 2.94. The zero-order valence-electron chi connectivity index (χ0n) is 8.19. The first-order valence-electron chi connectivity index (χ1n) is 4.73. The second-order valence-corrected chi connectivity index (χ2v) is 4.73. The van der Waals surface area contributed by atoms with E-state index in [1.54, 1.807) is 6.07 Å². The molecule has 0 fully saturated rings. The monoisotopic (exact) mass is 215 g/mol. The molecule has 0 spiro atoms. The van der Waals surface area contributed by atoms with Crippen molar-refractivity contribution in [3.05, 3.63) is 35.3 Å². The first kappa shape index (κ1) is 8.68. The molecule has 2 nitrogen and oxygen atoms in total. The molecule has 0 saturated carbocycles. The Morgan fingerprint density at radius 2 is 2.07 bits per heavy atom. The number of hydrogen-bond donors (Lipinski definition) is 1. The molecule has 1 aromatic heterocycles. The average Bonchev–Trinajstić information content (AvgIpc) is 2.61. The molecule has 0 amide bonds. The number of aryl methyl sites for hydroxylation is 1. The maximum Gasteiger partial charge on any atom is 0.135 e. The van der Waals surface area contributed by atoms with Crippen LogP contribution < -0.4 is 0 Å². The number of nitrogens with zero attached hydrogens (tertiary/aromatic N) is 1. The fourth-order valence-corrected chi connectivity index (χ4v) is 2.68. The van der Waals surface area contributed by atoms with Gasteiger partial charge in [-0.15, -0.1) is 11.3 Å². The molecular formula is C12H9NOS. The third kappa shape index (κ3) is 1.20. The van der Waals surface area contributed by atoms with Crippen LogP contribution in [-0.4, -0.2) is 10.1 Å². The summed E-state index contributed by atoms with van der Waals surface area (Å²) in [6, 6.07) is 9.79. The number of rotatable bonds is 0. The van der Waals surface area contributed by atoms with Gasteiger partial charge in [-0.1, -0.05) is 24.3 Å². The van der Waals surface area contributed by atoms with Gasteiger partial charge in [-0.25, -0.2) is 4.98 Å². The van der Waals surface area contributed by atoms with Gasteiger partial charge in [0.15, 0.2) is 0 Å². The topological polar surface area (TPSA) is 33.1 Å². The van der Waals surface area contributed by atoms with Gasteiger partial charge in [-0.3, -0.25) is 0 Å². The maximum atomic E-state index is 9.85. The smallest absolute Gasteiger partial charge is 0.135 e. The quantitative estimate of drug-likeness (QED) is 0.623. The van der Waals surface area contributed by atoms with Crippen LogP contribution in [0.15, 0.2) is 30.3 Å². The minimum atomic E-state index is 0.328. The molecule has 0 radical (unpaired) electrons. The molecule has 15 heavy (non-hydrogen) atoms. The summed E-state index contributed by atoms with van der Waals surface area (Å²) < 4.78 is 0.881. The summed E-state index contributed by atoms with van der Waals surface area (Å²) >= 11 is 1.53. The highest BCUT2D eigenvalue weighted by atomic mass is 32.1. The largest absolute Gasteiger partial charge is 0.506 e. The molecule has 74 valence electrons. The lowest BCUT2D eigenvalue weighted by atomic mass is 10.1. The van der Waals surface area contributed by atoms with Crippen LogP contribution >= 0.6 is 11.3 Å². The summed E-state index contributed by atoms with van der Waals surface area (Å²) in [6.45, 7) is 1.96. The van der Waals surface area contributed by atoms with E-state index in [9.17, 15) is 5.11 Å². The van der Waals surface area contributed by atoms with E-state index >= 15 is 0 Å². The Bertz CT molecular complexity index is 657. The number of fused-ring (bicyclic) bond motifs is 3. The van der Waals surface area contributed by atoms with E-state index in [1.165, 1.54) is 11.3 Å². The van der Waals surface area contributed by atoms with Crippen molar-refractivity contribution >= 4 is 32.3 Å². The van der Waals surface area contributed by atoms with Crippen LogP contribution in [0.4, 0.5) is 0 Å². The molecule has 0 bridgehead atoms. The van der Waals surface area contributed by atoms with Gasteiger partial charge >= 0.3 is 0 Å². The van der Waals surface area contributed by atoms with Crippen LogP contribution in [0, 0.1) is 6.92 Å². The molecule has 1 heterocycles. The Kier molecular flexibility index (Phi) is 1.70. The van der Waals surface area contributed by atoms with Gasteiger partial charge < -0.3 is 5.11 Å². The molecule has 0 atom stereocenters. The predicted octanol–water partition coefficient (Wildman–Crippen LogP) is 3.46. The Hall–Kier alpha value is -1.61. The lowest BCUT2D eigenvalue weighted by Gasteiger charge is -1.99. The van der Waals surface area contributed by atoms with Crippen LogP contribution in [0.25, 0.3) is 21.0 Å². The number of thiazole rings is 1. The molecule has 0 saturated heterocycles. The Balaban J connectivity index is 2.63. The summed E-state index contributed by atoms with van der Waals surface area (Å²) in [7, 11) is 0. The highest BCUT2D eigenvalue weighted by Crippen LogP contribution is 2.35. The predicted molar refractivity (Wildman–Crippen MR) is 63.5 cm³/mol. The number of hydrogen-bond acceptors (Lipinski definition) is 3. The first-order valence-corrected chi connectivity index (χ1v) is 5.55. The molecule has 0 aliphatic carbocycles. The van der Waals surface area contributed by atoms with Crippen molar-refractivity contribution in [3.63, 3.8) is 0 Å². The molecule has 0 unspecified atom stereocenters. The lowest BCUT2D eigenvalue weighted by Crippen LogP contribution is -1.76. The van der Waals surface area contributed by atoms with Crippen LogP contribution in [0.5, 0.6) is 5.75 Å². The summed E-state index contributed by atoms with van der Waals surface area (Å²) in [5.74, 6) is 0.328. The van der Waals surface area contributed by atoms with Crippen molar-refractivity contribution in [1.29, 1.82) is 0 Å². The van der Waals surface area contributed by atoms with Crippen molar-refractivity contribution in [2.45, 2.75) is 6.92 Å². The zero-order chi connectivity index (χ0) is 10.4. The fourth-order valence-electron chi connectivity index (χ4n) is 1.83. The minimum absolute atomic E-state index is 0.328. The zero-order valence-corrected chi connectivity index (χ0v) is 9.01. The van der Waals surface area contributed by atoms with E-state index in [1.807, 2.05) is 31.2 Å². The number of phenols is 1. The molecule has 0 aliphatic rings. The molecule has 2 aromatic carbocycles. The average molecular weight is 215 g/mol. The van der Waals surface area contributed by atoms with Crippen molar-refractivity contribution in [2.75, 3.05) is 0 Å². The molecule has 1 N–H and O–H groups in total. The standard InChI is InChI=1S/C12H9NOS/c1-7-13-11-9-5-3-2-4-8(9)6-10(14)12(11)15-7/h2-6,14H,1H3. The number of benzene rings is 2. The molecule has 3 rings (SSSR count). The third-order valence-electron chi connectivity index (χ3n) is 2.47. The summed E-state index contributed by atoms with van der Waals surface area (Å²) in [6.07, 6.45) is 0. The molecule has 0 aliphatic heterocycles. The van der Waals surface area contributed by atoms with Gasteiger partial charge in [0, 0.05) is 5.39 Å². The Labute approximate surface area is 90.8 Å². The molecular weight excluding hydrogens is 206 g/mol. The minimum Gasteiger partial charge on any atom is -0.506 e. The summed E-state index contributed by atoms with van der Waals surface area (Å²) in [5.41, 5.74) is 0.910. The van der Waals surface area contributed by atoms with Gasteiger partial charge in [-0.05, 0) is 18.4 Å². The number of aromatic nitrogens is 1. The second-order valence-electron chi connectivity index (χ2n) is 3.53. The maximum absolute atomic E-state index is 9.85. The van der Waals surface area contributed by atoms with Crippen LogP contribution in [-0.2, 0) is 0 Å². The highest BCUT2D eigenvalue weighted by Gasteiger charge is 2.09.